The van der Waals surface area contributed by atoms with Gasteiger partial charge in [-0.2, -0.15) is 0 Å². The van der Waals surface area contributed by atoms with Crippen molar-refractivity contribution in [1.82, 2.24) is 10.6 Å². The normalized spacial score (nSPS) is 17.6. The van der Waals surface area contributed by atoms with Gasteiger partial charge < -0.3 is 20.1 Å². The lowest BCUT2D eigenvalue weighted by atomic mass is 10.00. The maximum atomic E-state index is 11.9. The Hall–Kier alpha value is -1.75. The van der Waals surface area contributed by atoms with Gasteiger partial charge in [0.2, 0.25) is 5.91 Å². The number of benzene rings is 1. The Labute approximate surface area is 126 Å². The van der Waals surface area contributed by atoms with Crippen LogP contribution >= 0.6 is 0 Å². The number of methoxy groups -OCH3 is 1. The van der Waals surface area contributed by atoms with Crippen LogP contribution < -0.4 is 20.1 Å². The molecule has 2 rings (SSSR count). The molecule has 1 unspecified atom stereocenters. The van der Waals surface area contributed by atoms with Crippen molar-refractivity contribution in [3.8, 4) is 11.5 Å². The van der Waals surface area contributed by atoms with Crippen LogP contribution in [-0.4, -0.2) is 31.7 Å². The van der Waals surface area contributed by atoms with E-state index in [1.807, 2.05) is 39.0 Å². The zero-order valence-electron chi connectivity index (χ0n) is 13.2. The minimum Gasteiger partial charge on any atom is -0.497 e. The second-order valence-electron chi connectivity index (χ2n) is 6.27. The lowest BCUT2D eigenvalue weighted by Crippen LogP contribution is -2.45. The van der Waals surface area contributed by atoms with Crippen molar-refractivity contribution in [2.45, 2.75) is 38.8 Å². The van der Waals surface area contributed by atoms with Crippen LogP contribution in [-0.2, 0) is 4.79 Å². The van der Waals surface area contributed by atoms with Crippen molar-refractivity contribution >= 4 is 5.91 Å². The minimum atomic E-state index is -0.213. The van der Waals surface area contributed by atoms with Gasteiger partial charge in [-0.3, -0.25) is 4.79 Å². The van der Waals surface area contributed by atoms with E-state index in [2.05, 4.69) is 10.6 Å². The molecular formula is C16H24N2O3. The molecule has 1 aliphatic rings. The highest BCUT2D eigenvalue weighted by atomic mass is 16.5. The van der Waals surface area contributed by atoms with E-state index in [4.69, 9.17) is 9.47 Å². The molecule has 0 bridgehead atoms. The summed E-state index contributed by atoms with van der Waals surface area (Å²) in [4.78, 5) is 11.9. The molecule has 0 spiro atoms. The first-order valence-corrected chi connectivity index (χ1v) is 7.24. The number of hydrogen-bond acceptors (Lipinski definition) is 4. The molecule has 5 nitrogen and oxygen atoms in total. The third-order valence-electron chi connectivity index (χ3n) is 3.28. The Morgan fingerprint density at radius 2 is 2.19 bits per heavy atom. The number of hydrogen-bond donors (Lipinski definition) is 2. The van der Waals surface area contributed by atoms with Crippen molar-refractivity contribution in [2.24, 2.45) is 0 Å². The fourth-order valence-electron chi connectivity index (χ4n) is 2.39. The summed E-state index contributed by atoms with van der Waals surface area (Å²) in [5.41, 5.74) is 0.833. The summed E-state index contributed by atoms with van der Waals surface area (Å²) in [5, 5.41) is 6.25. The van der Waals surface area contributed by atoms with Crippen molar-refractivity contribution in [2.75, 3.05) is 20.3 Å². The predicted molar refractivity (Wildman–Crippen MR) is 81.7 cm³/mol. The number of fused-ring (bicyclic) bond motifs is 1. The average molecular weight is 292 g/mol. The molecule has 0 aromatic heterocycles. The summed E-state index contributed by atoms with van der Waals surface area (Å²) < 4.78 is 10.9. The summed E-state index contributed by atoms with van der Waals surface area (Å²) >= 11 is 0. The van der Waals surface area contributed by atoms with Crippen molar-refractivity contribution < 1.29 is 14.3 Å². The molecule has 1 aromatic carbocycles. The van der Waals surface area contributed by atoms with E-state index < -0.39 is 0 Å². The van der Waals surface area contributed by atoms with Crippen LogP contribution in [0.2, 0.25) is 0 Å². The summed E-state index contributed by atoms with van der Waals surface area (Å²) in [6.07, 6.45) is 0.836. The number of rotatable bonds is 4. The Kier molecular flexibility index (Phi) is 4.73. The molecule has 1 aliphatic heterocycles. The number of amides is 1. The number of ether oxygens (including phenoxy) is 2. The molecule has 0 saturated heterocycles. The van der Waals surface area contributed by atoms with E-state index in [1.165, 1.54) is 0 Å². The van der Waals surface area contributed by atoms with Gasteiger partial charge in [0.25, 0.3) is 0 Å². The molecule has 116 valence electrons. The van der Waals surface area contributed by atoms with Gasteiger partial charge in [0.05, 0.1) is 20.3 Å². The van der Waals surface area contributed by atoms with E-state index in [-0.39, 0.29) is 17.5 Å². The van der Waals surface area contributed by atoms with Crippen LogP contribution in [0.4, 0.5) is 0 Å². The first-order valence-electron chi connectivity index (χ1n) is 7.24. The molecular weight excluding hydrogens is 268 g/mol. The molecule has 0 saturated carbocycles. The molecule has 2 N–H and O–H groups in total. The highest BCUT2D eigenvalue weighted by Crippen LogP contribution is 2.34. The van der Waals surface area contributed by atoms with E-state index in [9.17, 15) is 4.79 Å². The van der Waals surface area contributed by atoms with Gasteiger partial charge >= 0.3 is 0 Å². The Bertz CT molecular complexity index is 509. The van der Waals surface area contributed by atoms with E-state index in [0.29, 0.717) is 13.2 Å². The quantitative estimate of drug-likeness (QED) is 0.891. The fourth-order valence-corrected chi connectivity index (χ4v) is 2.39. The molecule has 0 fully saturated rings. The number of carbonyl (C=O) groups excluding carboxylic acids is 1. The monoisotopic (exact) mass is 292 g/mol. The molecule has 21 heavy (non-hydrogen) atoms. The molecule has 1 aromatic rings. The van der Waals surface area contributed by atoms with Crippen LogP contribution in [0.3, 0.4) is 0 Å². The molecule has 0 radical (unpaired) electrons. The largest absolute Gasteiger partial charge is 0.497 e. The summed E-state index contributed by atoms with van der Waals surface area (Å²) in [7, 11) is 1.64. The maximum Gasteiger partial charge on any atom is 0.234 e. The zero-order chi connectivity index (χ0) is 15.5. The fraction of sp³-hybridized carbons (Fsp3) is 0.562. The van der Waals surface area contributed by atoms with Gasteiger partial charge in [-0.05, 0) is 39.0 Å². The summed E-state index contributed by atoms with van der Waals surface area (Å²) in [6.45, 7) is 6.86. The van der Waals surface area contributed by atoms with Crippen LogP contribution in [0.5, 0.6) is 11.5 Å². The molecule has 0 aliphatic carbocycles. The van der Waals surface area contributed by atoms with Gasteiger partial charge in [-0.1, -0.05) is 0 Å². The number of carbonyl (C=O) groups is 1. The lowest BCUT2D eigenvalue weighted by Gasteiger charge is -2.28. The van der Waals surface area contributed by atoms with E-state index in [0.717, 1.165) is 23.5 Å². The lowest BCUT2D eigenvalue weighted by molar-refractivity contribution is -0.121. The van der Waals surface area contributed by atoms with Gasteiger partial charge in [0, 0.05) is 23.6 Å². The third kappa shape index (κ3) is 4.36. The molecule has 5 heteroatoms. The average Bonchev–Trinajstić information content (AvgIpc) is 2.42. The van der Waals surface area contributed by atoms with Crippen LogP contribution in [0.1, 0.15) is 38.8 Å². The second-order valence-corrected chi connectivity index (χ2v) is 6.27. The highest BCUT2D eigenvalue weighted by Gasteiger charge is 2.23. The molecule has 1 amide bonds. The van der Waals surface area contributed by atoms with Gasteiger partial charge in [0.15, 0.2) is 0 Å². The van der Waals surface area contributed by atoms with Gasteiger partial charge in [0.1, 0.15) is 11.5 Å². The van der Waals surface area contributed by atoms with E-state index >= 15 is 0 Å². The Morgan fingerprint density at radius 3 is 2.86 bits per heavy atom. The van der Waals surface area contributed by atoms with E-state index in [1.54, 1.807) is 7.11 Å². The summed E-state index contributed by atoms with van der Waals surface area (Å²) in [6, 6.07) is 5.87. The number of nitrogens with one attached hydrogen (secondary N) is 2. The highest BCUT2D eigenvalue weighted by molar-refractivity contribution is 5.78. The predicted octanol–water partition coefficient (Wildman–Crippen LogP) is 2.02. The van der Waals surface area contributed by atoms with Crippen molar-refractivity contribution in [3.63, 3.8) is 0 Å². The third-order valence-corrected chi connectivity index (χ3v) is 3.28. The van der Waals surface area contributed by atoms with Crippen LogP contribution in [0, 0.1) is 0 Å². The zero-order valence-corrected chi connectivity index (χ0v) is 13.2. The second kappa shape index (κ2) is 6.35. The van der Waals surface area contributed by atoms with Gasteiger partial charge in [-0.15, -0.1) is 0 Å². The Balaban J connectivity index is 2.01. The van der Waals surface area contributed by atoms with Gasteiger partial charge in [-0.25, -0.2) is 0 Å². The molecule has 1 atom stereocenters. The first kappa shape index (κ1) is 15.6. The minimum absolute atomic E-state index is 0.00145. The molecule has 1 heterocycles. The maximum absolute atomic E-state index is 11.9. The Morgan fingerprint density at radius 1 is 1.43 bits per heavy atom. The standard InChI is InChI=1S/C16H24N2O3/c1-16(2,3)18-15(19)10-17-13-7-8-21-14-6-5-11(20-4)9-12(13)14/h5-6,9,13,17H,7-8,10H2,1-4H3,(H,18,19). The van der Waals surface area contributed by atoms with Crippen molar-refractivity contribution in [1.29, 1.82) is 0 Å². The summed E-state index contributed by atoms with van der Waals surface area (Å²) in [5.74, 6) is 1.65. The van der Waals surface area contributed by atoms with Crippen molar-refractivity contribution in [3.05, 3.63) is 23.8 Å². The SMILES string of the molecule is COc1ccc2c(c1)C(NCC(=O)NC(C)(C)C)CCO2. The van der Waals surface area contributed by atoms with Crippen LogP contribution in [0.15, 0.2) is 18.2 Å². The topological polar surface area (TPSA) is 59.6 Å². The first-order chi connectivity index (χ1) is 9.89. The van der Waals surface area contributed by atoms with Crippen LogP contribution in [0.25, 0.3) is 0 Å². The smallest absolute Gasteiger partial charge is 0.234 e.